The number of nitrogens with one attached hydrogen (secondary N) is 2. The average molecular weight is 265 g/mol. The number of nitrogens with zero attached hydrogens (tertiary/aromatic N) is 1. The number of hydrogen-bond donors (Lipinski definition) is 2. The third-order valence-corrected chi connectivity index (χ3v) is 4.27. The van der Waals surface area contributed by atoms with Gasteiger partial charge in [0.25, 0.3) is 5.91 Å². The van der Waals surface area contributed by atoms with Crippen LogP contribution in [0.5, 0.6) is 0 Å². The summed E-state index contributed by atoms with van der Waals surface area (Å²) < 4.78 is 0. The van der Waals surface area contributed by atoms with E-state index in [2.05, 4.69) is 15.6 Å². The molecule has 0 spiro atoms. The van der Waals surface area contributed by atoms with Gasteiger partial charge in [-0.1, -0.05) is 0 Å². The van der Waals surface area contributed by atoms with Crippen molar-refractivity contribution in [2.24, 2.45) is 0 Å². The fourth-order valence-electron chi connectivity index (χ4n) is 1.98. The molecule has 0 radical (unpaired) electrons. The van der Waals surface area contributed by atoms with E-state index in [9.17, 15) is 4.79 Å². The predicted octanol–water partition coefficient (Wildman–Crippen LogP) is 1.68. The molecule has 0 aliphatic carbocycles. The van der Waals surface area contributed by atoms with Crippen LogP contribution < -0.4 is 10.6 Å². The lowest BCUT2D eigenvalue weighted by Gasteiger charge is -2.22. The molecule has 18 heavy (non-hydrogen) atoms. The van der Waals surface area contributed by atoms with Gasteiger partial charge in [-0.25, -0.2) is 4.98 Å². The lowest BCUT2D eigenvalue weighted by Crippen LogP contribution is -2.29. The van der Waals surface area contributed by atoms with E-state index in [0.717, 1.165) is 31.0 Å². The van der Waals surface area contributed by atoms with Gasteiger partial charge in [-0.3, -0.25) is 4.79 Å². The molecule has 1 aromatic rings. The molecule has 4 nitrogen and oxygen atoms in total. The summed E-state index contributed by atoms with van der Waals surface area (Å²) in [7, 11) is 0. The molecule has 2 rings (SSSR count). The van der Waals surface area contributed by atoms with Crippen LogP contribution in [0.2, 0.25) is 0 Å². The molecular weight excluding hydrogens is 246 g/mol. The molecule has 0 unspecified atom stereocenters. The summed E-state index contributed by atoms with van der Waals surface area (Å²) in [4.78, 5) is 16.3. The zero-order valence-corrected chi connectivity index (χ0v) is 11.4. The Labute approximate surface area is 112 Å². The minimum absolute atomic E-state index is 0.0259. The van der Waals surface area contributed by atoms with Crippen LogP contribution in [0, 0.1) is 0 Å². The van der Waals surface area contributed by atoms with Crippen molar-refractivity contribution in [2.75, 3.05) is 19.6 Å². The van der Waals surface area contributed by atoms with Gasteiger partial charge in [0, 0.05) is 18.0 Å². The van der Waals surface area contributed by atoms with Crippen molar-refractivity contribution >= 4 is 17.7 Å². The van der Waals surface area contributed by atoms with Gasteiger partial charge in [0.15, 0.2) is 0 Å². The Morgan fingerprint density at radius 1 is 1.56 bits per heavy atom. The van der Waals surface area contributed by atoms with Gasteiger partial charge in [-0.05, 0) is 45.0 Å². The van der Waals surface area contributed by atoms with Crippen molar-refractivity contribution < 1.29 is 4.79 Å². The Morgan fingerprint density at radius 3 is 3.06 bits per heavy atom. The fourth-order valence-corrected chi connectivity index (χ4v) is 3.18. The van der Waals surface area contributed by atoms with E-state index in [1.807, 2.05) is 19.1 Å². The van der Waals surface area contributed by atoms with Gasteiger partial charge >= 0.3 is 0 Å². The zero-order valence-electron chi connectivity index (χ0n) is 10.6. The Hall–Kier alpha value is -1.07. The van der Waals surface area contributed by atoms with Crippen LogP contribution in [-0.4, -0.2) is 35.8 Å². The second-order valence-electron chi connectivity index (χ2n) is 4.28. The number of aromatic nitrogens is 1. The van der Waals surface area contributed by atoms with Crippen LogP contribution >= 0.6 is 11.8 Å². The molecule has 0 atom stereocenters. The summed E-state index contributed by atoms with van der Waals surface area (Å²) in [6.45, 7) is 4.68. The van der Waals surface area contributed by atoms with Gasteiger partial charge in [-0.2, -0.15) is 0 Å². The highest BCUT2D eigenvalue weighted by Gasteiger charge is 2.18. The molecular formula is C13H19N3OS. The zero-order chi connectivity index (χ0) is 12.8. The topological polar surface area (TPSA) is 54.0 Å². The van der Waals surface area contributed by atoms with Crippen molar-refractivity contribution in [1.29, 1.82) is 0 Å². The van der Waals surface area contributed by atoms with Crippen LogP contribution in [-0.2, 0) is 0 Å². The number of carbonyl (C=O) groups is 1. The first-order chi connectivity index (χ1) is 8.81. The molecule has 2 heterocycles. The van der Waals surface area contributed by atoms with E-state index >= 15 is 0 Å². The molecule has 0 aromatic carbocycles. The van der Waals surface area contributed by atoms with Crippen molar-refractivity contribution in [3.05, 3.63) is 23.9 Å². The Kier molecular flexibility index (Phi) is 5.01. The van der Waals surface area contributed by atoms with Gasteiger partial charge in [0.2, 0.25) is 0 Å². The van der Waals surface area contributed by atoms with Crippen molar-refractivity contribution in [1.82, 2.24) is 15.6 Å². The normalized spacial score (nSPS) is 16.5. The van der Waals surface area contributed by atoms with Gasteiger partial charge < -0.3 is 10.6 Å². The largest absolute Gasteiger partial charge is 0.352 e. The molecule has 1 aliphatic rings. The first-order valence-corrected chi connectivity index (χ1v) is 7.30. The SMILES string of the molecule is CCNC(=O)c1cccnc1SC1CCNCC1. The molecule has 0 bridgehead atoms. The number of amides is 1. The summed E-state index contributed by atoms with van der Waals surface area (Å²) >= 11 is 1.73. The molecule has 5 heteroatoms. The second kappa shape index (κ2) is 6.75. The van der Waals surface area contributed by atoms with E-state index in [1.54, 1.807) is 18.0 Å². The number of pyridine rings is 1. The fraction of sp³-hybridized carbons (Fsp3) is 0.538. The van der Waals surface area contributed by atoms with Crippen LogP contribution in [0.3, 0.4) is 0 Å². The lowest BCUT2D eigenvalue weighted by atomic mass is 10.2. The van der Waals surface area contributed by atoms with E-state index < -0.39 is 0 Å². The van der Waals surface area contributed by atoms with E-state index in [4.69, 9.17) is 0 Å². The highest BCUT2D eigenvalue weighted by Crippen LogP contribution is 2.29. The van der Waals surface area contributed by atoms with Crippen LogP contribution in [0.25, 0.3) is 0 Å². The van der Waals surface area contributed by atoms with Gasteiger partial charge in [0.1, 0.15) is 5.03 Å². The summed E-state index contributed by atoms with van der Waals surface area (Å²) in [6.07, 6.45) is 4.03. The average Bonchev–Trinajstić information content (AvgIpc) is 2.41. The molecule has 2 N–H and O–H groups in total. The monoisotopic (exact) mass is 265 g/mol. The van der Waals surface area contributed by atoms with E-state index in [0.29, 0.717) is 17.4 Å². The van der Waals surface area contributed by atoms with Crippen molar-refractivity contribution in [3.63, 3.8) is 0 Å². The maximum atomic E-state index is 11.9. The third-order valence-electron chi connectivity index (χ3n) is 2.92. The number of hydrogen-bond acceptors (Lipinski definition) is 4. The quantitative estimate of drug-likeness (QED) is 0.869. The molecule has 0 saturated carbocycles. The second-order valence-corrected chi connectivity index (χ2v) is 5.57. The highest BCUT2D eigenvalue weighted by molar-refractivity contribution is 7.99. The molecule has 1 saturated heterocycles. The van der Waals surface area contributed by atoms with E-state index in [1.165, 1.54) is 0 Å². The maximum absolute atomic E-state index is 11.9. The molecule has 1 fully saturated rings. The summed E-state index contributed by atoms with van der Waals surface area (Å²) in [5, 5.41) is 7.60. The molecule has 98 valence electrons. The number of piperidine rings is 1. The molecule has 1 aromatic heterocycles. The highest BCUT2D eigenvalue weighted by atomic mass is 32.2. The lowest BCUT2D eigenvalue weighted by molar-refractivity contribution is 0.0952. The van der Waals surface area contributed by atoms with Gasteiger partial charge in [0.05, 0.1) is 5.56 Å². The predicted molar refractivity (Wildman–Crippen MR) is 74.0 cm³/mol. The van der Waals surface area contributed by atoms with E-state index in [-0.39, 0.29) is 5.91 Å². The third kappa shape index (κ3) is 3.46. The molecule has 1 aliphatic heterocycles. The van der Waals surface area contributed by atoms with Gasteiger partial charge in [-0.15, -0.1) is 11.8 Å². The first-order valence-electron chi connectivity index (χ1n) is 6.42. The van der Waals surface area contributed by atoms with Crippen LogP contribution in [0.1, 0.15) is 30.1 Å². The Bertz CT molecular complexity index is 405. The molecule has 1 amide bonds. The first kappa shape index (κ1) is 13.4. The summed E-state index contributed by atoms with van der Waals surface area (Å²) in [5.74, 6) is -0.0259. The maximum Gasteiger partial charge on any atom is 0.254 e. The minimum Gasteiger partial charge on any atom is -0.352 e. The van der Waals surface area contributed by atoms with Crippen molar-refractivity contribution in [3.8, 4) is 0 Å². The number of carbonyl (C=O) groups excluding carboxylic acids is 1. The standard InChI is InChI=1S/C13H19N3OS/c1-2-15-12(17)11-4-3-7-16-13(11)18-10-5-8-14-9-6-10/h3-4,7,10,14H,2,5-6,8-9H2,1H3,(H,15,17). The smallest absolute Gasteiger partial charge is 0.254 e. The minimum atomic E-state index is -0.0259. The van der Waals surface area contributed by atoms with Crippen LogP contribution in [0.15, 0.2) is 23.4 Å². The van der Waals surface area contributed by atoms with Crippen LogP contribution in [0.4, 0.5) is 0 Å². The van der Waals surface area contributed by atoms with Crippen molar-refractivity contribution in [2.45, 2.75) is 30.0 Å². The summed E-state index contributed by atoms with van der Waals surface area (Å²) in [6, 6.07) is 3.67. The Balaban J connectivity index is 2.08. The number of rotatable bonds is 4. The number of thioether (sulfide) groups is 1. The Morgan fingerprint density at radius 2 is 2.33 bits per heavy atom. The summed E-state index contributed by atoms with van der Waals surface area (Å²) in [5.41, 5.74) is 0.697.